The average Bonchev–Trinajstić information content (AvgIpc) is 2.69. The van der Waals surface area contributed by atoms with E-state index in [1.54, 1.807) is 0 Å². The van der Waals surface area contributed by atoms with Crippen molar-refractivity contribution >= 4 is 23.5 Å². The van der Waals surface area contributed by atoms with E-state index in [4.69, 9.17) is 21.3 Å². The van der Waals surface area contributed by atoms with Crippen LogP contribution < -0.4 is 10.2 Å². The fraction of sp³-hybridized carbons (Fsp3) is 0.522. The number of aryl methyl sites for hydroxylation is 2. The second kappa shape index (κ2) is 9.21. The van der Waals surface area contributed by atoms with Gasteiger partial charge >= 0.3 is 6.09 Å². The van der Waals surface area contributed by atoms with Crippen LogP contribution in [0.5, 0.6) is 0 Å². The van der Waals surface area contributed by atoms with Gasteiger partial charge in [-0.2, -0.15) is 0 Å². The van der Waals surface area contributed by atoms with E-state index < -0.39 is 5.60 Å². The lowest BCUT2D eigenvalue weighted by Crippen LogP contribution is -2.46. The lowest BCUT2D eigenvalue weighted by molar-refractivity contribution is 0.0337. The first-order valence-electron chi connectivity index (χ1n) is 10.5. The largest absolute Gasteiger partial charge is 0.444 e. The highest BCUT2D eigenvalue weighted by Gasteiger charge is 2.26. The van der Waals surface area contributed by atoms with Gasteiger partial charge in [-0.25, -0.2) is 9.78 Å². The van der Waals surface area contributed by atoms with Gasteiger partial charge < -0.3 is 15.0 Å². The predicted octanol–water partition coefficient (Wildman–Crippen LogP) is 5.30. The van der Waals surface area contributed by atoms with Crippen molar-refractivity contribution in [3.63, 3.8) is 0 Å². The van der Waals surface area contributed by atoms with E-state index in [1.165, 1.54) is 0 Å². The molecule has 1 saturated heterocycles. The monoisotopic (exact) mass is 430 g/mol. The first kappa shape index (κ1) is 22.3. The Labute approximate surface area is 184 Å². The standard InChI is InChI=1S/C23H31ClN4O2/c1-6-23(4,5)30-22(29)26-17-9-11-28(12-10-17)19-8-7-18(24)21(27-19)20-16(3)13-15(2)14-25-20/h7-8,13-14,17H,6,9-12H2,1-5H3,(H,26,29). The van der Waals surface area contributed by atoms with Gasteiger partial charge in [0.15, 0.2) is 0 Å². The van der Waals surface area contributed by atoms with Crippen molar-refractivity contribution in [2.45, 2.75) is 65.5 Å². The summed E-state index contributed by atoms with van der Waals surface area (Å²) >= 11 is 6.44. The van der Waals surface area contributed by atoms with Crippen LogP contribution >= 0.6 is 11.6 Å². The Morgan fingerprint density at radius 3 is 2.60 bits per heavy atom. The minimum atomic E-state index is -0.448. The van der Waals surface area contributed by atoms with Crippen molar-refractivity contribution in [1.82, 2.24) is 15.3 Å². The molecule has 3 heterocycles. The van der Waals surface area contributed by atoms with Crippen molar-refractivity contribution in [2.75, 3.05) is 18.0 Å². The summed E-state index contributed by atoms with van der Waals surface area (Å²) in [6.45, 7) is 11.5. The molecule has 0 saturated carbocycles. The number of pyridine rings is 2. The number of hydrogen-bond donors (Lipinski definition) is 1. The third-order valence-corrected chi connectivity index (χ3v) is 5.94. The zero-order valence-corrected chi connectivity index (χ0v) is 19.2. The van der Waals surface area contributed by atoms with E-state index in [0.717, 1.165) is 55.0 Å². The number of nitrogens with one attached hydrogen (secondary N) is 1. The summed E-state index contributed by atoms with van der Waals surface area (Å²) in [5, 5.41) is 3.59. The normalized spacial score (nSPS) is 15.2. The molecule has 0 atom stereocenters. The number of carbonyl (C=O) groups is 1. The summed E-state index contributed by atoms with van der Waals surface area (Å²) in [5.41, 5.74) is 3.23. The summed E-state index contributed by atoms with van der Waals surface area (Å²) in [4.78, 5) is 23.7. The van der Waals surface area contributed by atoms with Gasteiger partial charge in [0.2, 0.25) is 0 Å². The second-order valence-corrected chi connectivity index (χ2v) is 8.99. The van der Waals surface area contributed by atoms with E-state index in [1.807, 2.05) is 52.9 Å². The van der Waals surface area contributed by atoms with Crippen molar-refractivity contribution in [3.8, 4) is 11.4 Å². The number of anilines is 1. The van der Waals surface area contributed by atoms with E-state index in [0.29, 0.717) is 10.7 Å². The Morgan fingerprint density at radius 1 is 1.27 bits per heavy atom. The smallest absolute Gasteiger partial charge is 0.407 e. The SMILES string of the molecule is CCC(C)(C)OC(=O)NC1CCN(c2ccc(Cl)c(-c3ncc(C)cc3C)n2)CC1. The topological polar surface area (TPSA) is 67.3 Å². The molecule has 1 amide bonds. The summed E-state index contributed by atoms with van der Waals surface area (Å²) in [6, 6.07) is 6.02. The van der Waals surface area contributed by atoms with Crippen molar-refractivity contribution in [2.24, 2.45) is 0 Å². The summed E-state index contributed by atoms with van der Waals surface area (Å²) in [5.74, 6) is 0.879. The van der Waals surface area contributed by atoms with Crippen LogP contribution in [0, 0.1) is 13.8 Å². The number of amides is 1. The highest BCUT2D eigenvalue weighted by Crippen LogP contribution is 2.30. The molecule has 162 valence electrons. The predicted molar refractivity (Wildman–Crippen MR) is 121 cm³/mol. The number of halogens is 1. The van der Waals surface area contributed by atoms with Crippen LogP contribution in [0.25, 0.3) is 11.4 Å². The molecule has 1 N–H and O–H groups in total. The number of carbonyl (C=O) groups excluding carboxylic acids is 1. The average molecular weight is 431 g/mol. The number of aromatic nitrogens is 2. The molecule has 0 aliphatic carbocycles. The number of ether oxygens (including phenoxy) is 1. The number of alkyl carbamates (subject to hydrolysis) is 1. The second-order valence-electron chi connectivity index (χ2n) is 8.59. The van der Waals surface area contributed by atoms with Gasteiger partial charge in [-0.1, -0.05) is 24.6 Å². The highest BCUT2D eigenvalue weighted by atomic mass is 35.5. The maximum Gasteiger partial charge on any atom is 0.407 e. The van der Waals surface area contributed by atoms with Crippen LogP contribution in [-0.4, -0.2) is 40.8 Å². The van der Waals surface area contributed by atoms with E-state index in [-0.39, 0.29) is 12.1 Å². The molecule has 6 nitrogen and oxygen atoms in total. The van der Waals surface area contributed by atoms with Crippen LogP contribution in [0.15, 0.2) is 24.4 Å². The summed E-state index contributed by atoms with van der Waals surface area (Å²) < 4.78 is 5.50. The van der Waals surface area contributed by atoms with E-state index in [2.05, 4.69) is 21.3 Å². The molecular weight excluding hydrogens is 400 g/mol. The maximum atomic E-state index is 12.2. The molecule has 0 aromatic carbocycles. The highest BCUT2D eigenvalue weighted by molar-refractivity contribution is 6.33. The van der Waals surface area contributed by atoms with Crippen molar-refractivity contribution < 1.29 is 9.53 Å². The maximum absolute atomic E-state index is 12.2. The van der Waals surface area contributed by atoms with Gasteiger partial charge in [0.05, 0.1) is 10.7 Å². The quantitative estimate of drug-likeness (QED) is 0.697. The van der Waals surface area contributed by atoms with E-state index >= 15 is 0 Å². The number of nitrogens with zero attached hydrogens (tertiary/aromatic N) is 3. The molecule has 3 rings (SSSR count). The van der Waals surface area contributed by atoms with Crippen molar-refractivity contribution in [3.05, 3.63) is 40.5 Å². The zero-order valence-electron chi connectivity index (χ0n) is 18.5. The number of piperidine rings is 1. The first-order valence-corrected chi connectivity index (χ1v) is 10.9. The van der Waals surface area contributed by atoms with Crippen LogP contribution in [0.1, 0.15) is 51.2 Å². The molecule has 0 unspecified atom stereocenters. The molecule has 2 aromatic heterocycles. The Balaban J connectivity index is 1.65. The molecule has 30 heavy (non-hydrogen) atoms. The third kappa shape index (κ3) is 5.42. The molecule has 1 aliphatic heterocycles. The van der Waals surface area contributed by atoms with Crippen LogP contribution in [0.3, 0.4) is 0 Å². The number of rotatable bonds is 5. The minimum absolute atomic E-state index is 0.106. The van der Waals surface area contributed by atoms with Crippen molar-refractivity contribution in [1.29, 1.82) is 0 Å². The minimum Gasteiger partial charge on any atom is -0.444 e. The van der Waals surface area contributed by atoms with Gasteiger partial charge in [-0.15, -0.1) is 0 Å². The molecule has 2 aromatic rings. The third-order valence-electron chi connectivity index (χ3n) is 5.63. The van der Waals surface area contributed by atoms with Gasteiger partial charge in [0.1, 0.15) is 17.1 Å². The molecule has 1 fully saturated rings. The van der Waals surface area contributed by atoms with Crippen LogP contribution in [0.2, 0.25) is 5.02 Å². The van der Waals surface area contributed by atoms with Gasteiger partial charge in [0, 0.05) is 25.3 Å². The van der Waals surface area contributed by atoms with Gasteiger partial charge in [-0.05, 0) is 70.2 Å². The lowest BCUT2D eigenvalue weighted by Gasteiger charge is -2.34. The lowest BCUT2D eigenvalue weighted by atomic mass is 10.0. The fourth-order valence-corrected chi connectivity index (χ4v) is 3.70. The molecule has 1 aliphatic rings. The van der Waals surface area contributed by atoms with Crippen LogP contribution in [0.4, 0.5) is 10.6 Å². The summed E-state index contributed by atoms with van der Waals surface area (Å²) in [7, 11) is 0. The Morgan fingerprint density at radius 2 is 1.97 bits per heavy atom. The Kier molecular flexibility index (Phi) is 6.86. The number of hydrogen-bond acceptors (Lipinski definition) is 5. The Bertz CT molecular complexity index is 908. The molecule has 0 spiro atoms. The van der Waals surface area contributed by atoms with Crippen LogP contribution in [-0.2, 0) is 4.74 Å². The fourth-order valence-electron chi connectivity index (χ4n) is 3.51. The zero-order chi connectivity index (χ0) is 21.9. The Hall–Kier alpha value is -2.34. The molecular formula is C23H31ClN4O2. The van der Waals surface area contributed by atoms with E-state index in [9.17, 15) is 4.79 Å². The molecule has 0 bridgehead atoms. The first-order chi connectivity index (χ1) is 14.2. The molecule has 7 heteroatoms. The van der Waals surface area contributed by atoms with Gasteiger partial charge in [0.25, 0.3) is 0 Å². The summed E-state index contributed by atoms with van der Waals surface area (Å²) in [6.07, 6.45) is 3.95. The van der Waals surface area contributed by atoms with Gasteiger partial charge in [-0.3, -0.25) is 4.98 Å². The molecule has 0 radical (unpaired) electrons.